The van der Waals surface area contributed by atoms with Crippen molar-refractivity contribution in [3.8, 4) is 0 Å². The van der Waals surface area contributed by atoms with Gasteiger partial charge in [0.25, 0.3) is 0 Å². The van der Waals surface area contributed by atoms with Gasteiger partial charge in [0, 0.05) is 6.42 Å². The molecule has 0 aliphatic carbocycles. The third kappa shape index (κ3) is 4.57. The van der Waals surface area contributed by atoms with Gasteiger partial charge in [-0.3, -0.25) is 4.79 Å². The molecule has 3 heteroatoms. The van der Waals surface area contributed by atoms with Crippen LogP contribution in [-0.2, 0) is 11.2 Å². The van der Waals surface area contributed by atoms with Crippen molar-refractivity contribution in [3.05, 3.63) is 107 Å². The molecule has 2 nitrogen and oxygen atoms in total. The minimum Gasteiger partial charge on any atom is -0.345 e. The largest absolute Gasteiger partial charge is 0.345 e. The quantitative estimate of drug-likeness (QED) is 0.670. The molecule has 3 aromatic carbocycles. The molecule has 0 fully saturated rings. The smallest absolute Gasteiger partial charge is 0.221 e. The number of rotatable bonds is 6. The SMILES string of the molecule is Cc1ccc([C@@H](NC(=O)CCc2ccccc2F)c2ccccc2)cc1. The molecule has 26 heavy (non-hydrogen) atoms. The van der Waals surface area contributed by atoms with Crippen molar-refractivity contribution in [2.24, 2.45) is 0 Å². The zero-order chi connectivity index (χ0) is 18.4. The second-order valence-corrected chi connectivity index (χ2v) is 6.41. The Labute approximate surface area is 153 Å². The van der Waals surface area contributed by atoms with Gasteiger partial charge in [-0.1, -0.05) is 78.4 Å². The summed E-state index contributed by atoms with van der Waals surface area (Å²) in [5, 5.41) is 3.10. The summed E-state index contributed by atoms with van der Waals surface area (Å²) in [7, 11) is 0. The third-order valence-corrected chi connectivity index (χ3v) is 4.43. The van der Waals surface area contributed by atoms with Crippen LogP contribution in [0.4, 0.5) is 4.39 Å². The molecule has 0 aromatic heterocycles. The summed E-state index contributed by atoms with van der Waals surface area (Å²) >= 11 is 0. The number of hydrogen-bond acceptors (Lipinski definition) is 1. The average Bonchev–Trinajstić information content (AvgIpc) is 2.67. The van der Waals surface area contributed by atoms with Gasteiger partial charge in [0.05, 0.1) is 6.04 Å². The van der Waals surface area contributed by atoms with Crippen LogP contribution in [0.2, 0.25) is 0 Å². The Hall–Kier alpha value is -2.94. The van der Waals surface area contributed by atoms with Crippen molar-refractivity contribution in [3.63, 3.8) is 0 Å². The van der Waals surface area contributed by atoms with Crippen LogP contribution in [0, 0.1) is 12.7 Å². The van der Waals surface area contributed by atoms with Crippen molar-refractivity contribution in [2.75, 3.05) is 0 Å². The number of nitrogens with one attached hydrogen (secondary N) is 1. The molecule has 1 atom stereocenters. The van der Waals surface area contributed by atoms with Gasteiger partial charge in [-0.2, -0.15) is 0 Å². The van der Waals surface area contributed by atoms with E-state index in [2.05, 4.69) is 5.32 Å². The maximum atomic E-state index is 13.7. The lowest BCUT2D eigenvalue weighted by atomic mass is 9.97. The van der Waals surface area contributed by atoms with E-state index in [1.165, 1.54) is 11.6 Å². The molecule has 0 heterocycles. The molecule has 3 aromatic rings. The number of carbonyl (C=O) groups excluding carboxylic acids is 1. The highest BCUT2D eigenvalue weighted by Gasteiger charge is 2.17. The Bertz CT molecular complexity index is 859. The monoisotopic (exact) mass is 347 g/mol. The van der Waals surface area contributed by atoms with Crippen LogP contribution in [0.3, 0.4) is 0 Å². The Morgan fingerprint density at radius 3 is 2.19 bits per heavy atom. The van der Waals surface area contributed by atoms with Gasteiger partial charge >= 0.3 is 0 Å². The van der Waals surface area contributed by atoms with Crippen LogP contribution in [0.25, 0.3) is 0 Å². The molecule has 0 radical (unpaired) electrons. The number of hydrogen-bond donors (Lipinski definition) is 1. The molecule has 3 rings (SSSR count). The standard InChI is InChI=1S/C23H22FNO/c1-17-11-13-20(14-12-17)23(19-8-3-2-4-9-19)25-22(26)16-15-18-7-5-6-10-21(18)24/h2-14,23H,15-16H2,1H3,(H,25,26)/t23-/m0/s1. The van der Waals surface area contributed by atoms with Crippen molar-refractivity contribution in [1.29, 1.82) is 0 Å². The molecule has 0 unspecified atom stereocenters. The van der Waals surface area contributed by atoms with E-state index >= 15 is 0 Å². The maximum Gasteiger partial charge on any atom is 0.221 e. The van der Waals surface area contributed by atoms with E-state index in [1.54, 1.807) is 18.2 Å². The zero-order valence-electron chi connectivity index (χ0n) is 14.8. The predicted molar refractivity (Wildman–Crippen MR) is 102 cm³/mol. The van der Waals surface area contributed by atoms with Crippen LogP contribution in [0.15, 0.2) is 78.9 Å². The maximum absolute atomic E-state index is 13.7. The van der Waals surface area contributed by atoms with E-state index in [0.717, 1.165) is 11.1 Å². The molecule has 0 bridgehead atoms. The van der Waals surface area contributed by atoms with Crippen molar-refractivity contribution in [1.82, 2.24) is 5.32 Å². The molecule has 0 spiro atoms. The summed E-state index contributed by atoms with van der Waals surface area (Å²) < 4.78 is 13.7. The van der Waals surface area contributed by atoms with E-state index in [0.29, 0.717) is 12.0 Å². The van der Waals surface area contributed by atoms with Gasteiger partial charge < -0.3 is 5.32 Å². The van der Waals surface area contributed by atoms with Gasteiger partial charge in [0.2, 0.25) is 5.91 Å². The molecule has 1 amide bonds. The summed E-state index contributed by atoms with van der Waals surface area (Å²) in [6.07, 6.45) is 0.629. The van der Waals surface area contributed by atoms with Crippen molar-refractivity contribution < 1.29 is 9.18 Å². The van der Waals surface area contributed by atoms with E-state index in [-0.39, 0.29) is 24.2 Å². The molecule has 1 N–H and O–H groups in total. The lowest BCUT2D eigenvalue weighted by Crippen LogP contribution is -2.29. The van der Waals surface area contributed by atoms with Crippen LogP contribution in [0.1, 0.15) is 34.7 Å². The summed E-state index contributed by atoms with van der Waals surface area (Å²) in [4.78, 5) is 12.5. The van der Waals surface area contributed by atoms with Gasteiger partial charge in [0.15, 0.2) is 0 Å². The second-order valence-electron chi connectivity index (χ2n) is 6.41. The molecular formula is C23H22FNO. The number of halogens is 1. The molecular weight excluding hydrogens is 325 g/mol. The Kier molecular flexibility index (Phi) is 5.80. The minimum atomic E-state index is -0.265. The number of benzene rings is 3. The zero-order valence-corrected chi connectivity index (χ0v) is 14.8. The first-order valence-corrected chi connectivity index (χ1v) is 8.78. The lowest BCUT2D eigenvalue weighted by molar-refractivity contribution is -0.121. The van der Waals surface area contributed by atoms with Crippen LogP contribution in [-0.4, -0.2) is 5.91 Å². The number of carbonyl (C=O) groups is 1. The fourth-order valence-corrected chi connectivity index (χ4v) is 2.95. The van der Waals surface area contributed by atoms with E-state index in [1.807, 2.05) is 61.5 Å². The van der Waals surface area contributed by atoms with Gasteiger partial charge in [0.1, 0.15) is 5.82 Å². The van der Waals surface area contributed by atoms with Crippen LogP contribution >= 0.6 is 0 Å². The number of amides is 1. The Morgan fingerprint density at radius 1 is 0.885 bits per heavy atom. The lowest BCUT2D eigenvalue weighted by Gasteiger charge is -2.20. The molecule has 0 saturated carbocycles. The molecule has 132 valence electrons. The molecule has 0 saturated heterocycles. The van der Waals surface area contributed by atoms with Crippen molar-refractivity contribution >= 4 is 5.91 Å². The predicted octanol–water partition coefficient (Wildman–Crippen LogP) is 4.97. The van der Waals surface area contributed by atoms with Crippen LogP contribution < -0.4 is 5.32 Å². The highest BCUT2D eigenvalue weighted by Crippen LogP contribution is 2.22. The van der Waals surface area contributed by atoms with Gasteiger partial charge in [-0.05, 0) is 36.1 Å². The van der Waals surface area contributed by atoms with E-state index < -0.39 is 0 Å². The topological polar surface area (TPSA) is 29.1 Å². The number of aryl methyl sites for hydroxylation is 2. The Balaban J connectivity index is 1.74. The molecule has 0 aliphatic rings. The fraction of sp³-hybridized carbons (Fsp3) is 0.174. The summed E-state index contributed by atoms with van der Waals surface area (Å²) in [5.74, 6) is -0.360. The van der Waals surface area contributed by atoms with Gasteiger partial charge in [-0.25, -0.2) is 4.39 Å². The minimum absolute atomic E-state index is 0.0947. The normalized spacial score (nSPS) is 11.8. The summed E-state index contributed by atoms with van der Waals surface area (Å²) in [6, 6.07) is 24.4. The summed E-state index contributed by atoms with van der Waals surface area (Å²) in [6.45, 7) is 2.04. The average molecular weight is 347 g/mol. The first kappa shape index (κ1) is 17.9. The van der Waals surface area contributed by atoms with E-state index in [9.17, 15) is 9.18 Å². The van der Waals surface area contributed by atoms with Crippen molar-refractivity contribution in [2.45, 2.75) is 25.8 Å². The van der Waals surface area contributed by atoms with Crippen LogP contribution in [0.5, 0.6) is 0 Å². The highest BCUT2D eigenvalue weighted by molar-refractivity contribution is 5.77. The molecule has 0 aliphatic heterocycles. The van der Waals surface area contributed by atoms with Gasteiger partial charge in [-0.15, -0.1) is 0 Å². The second kappa shape index (κ2) is 8.43. The Morgan fingerprint density at radius 2 is 1.50 bits per heavy atom. The first-order chi connectivity index (χ1) is 12.6. The van der Waals surface area contributed by atoms with E-state index in [4.69, 9.17) is 0 Å². The summed E-state index contributed by atoms with van der Waals surface area (Å²) in [5.41, 5.74) is 3.79. The first-order valence-electron chi connectivity index (χ1n) is 8.78. The third-order valence-electron chi connectivity index (χ3n) is 4.43. The highest BCUT2D eigenvalue weighted by atomic mass is 19.1. The fourth-order valence-electron chi connectivity index (χ4n) is 2.95.